The lowest BCUT2D eigenvalue weighted by molar-refractivity contribution is -0.106. The zero-order valence-electron chi connectivity index (χ0n) is 5.83. The molecular weight excluding hydrogens is 143 g/mol. The number of aldehydes is 1. The number of halogens is 1. The summed E-state index contributed by atoms with van der Waals surface area (Å²) in [4.78, 5) is 9.87. The summed E-state index contributed by atoms with van der Waals surface area (Å²) in [5.74, 6) is -0.754. The molecule has 11 heavy (non-hydrogen) atoms. The van der Waals surface area contributed by atoms with Crippen molar-refractivity contribution in [2.24, 2.45) is 0 Å². The molecular formula is C9H7FO. The van der Waals surface area contributed by atoms with E-state index in [1.165, 1.54) is 6.08 Å². The van der Waals surface area contributed by atoms with Crippen molar-refractivity contribution < 1.29 is 9.18 Å². The van der Waals surface area contributed by atoms with E-state index in [9.17, 15) is 9.18 Å². The second-order valence-electron chi connectivity index (χ2n) is 2.06. The Bertz CT molecular complexity index is 264. The summed E-state index contributed by atoms with van der Waals surface area (Å²) in [6.45, 7) is 0. The Morgan fingerprint density at radius 2 is 1.91 bits per heavy atom. The van der Waals surface area contributed by atoms with Gasteiger partial charge in [0.25, 0.3) is 0 Å². The maximum Gasteiger partial charge on any atom is 0.178 e. The second kappa shape index (κ2) is 3.66. The van der Waals surface area contributed by atoms with E-state index in [4.69, 9.17) is 0 Å². The van der Waals surface area contributed by atoms with Crippen LogP contribution in [0.4, 0.5) is 4.39 Å². The Morgan fingerprint density at radius 3 is 2.45 bits per heavy atom. The highest BCUT2D eigenvalue weighted by Gasteiger charge is 1.89. The third-order valence-corrected chi connectivity index (χ3v) is 1.22. The molecule has 0 N–H and O–H groups in total. The van der Waals surface area contributed by atoms with E-state index in [2.05, 4.69) is 0 Å². The van der Waals surface area contributed by atoms with Crippen LogP contribution in [0.25, 0.3) is 6.08 Å². The minimum absolute atomic E-state index is 0.187. The van der Waals surface area contributed by atoms with Gasteiger partial charge in [-0.3, -0.25) is 4.79 Å². The van der Waals surface area contributed by atoms with Gasteiger partial charge in [0.1, 0.15) is 0 Å². The molecule has 0 atom stereocenters. The molecule has 0 unspecified atom stereocenters. The fraction of sp³-hybridized carbons (Fsp3) is 0. The summed E-state index contributed by atoms with van der Waals surface area (Å²) in [6.07, 6.45) is 1.37. The van der Waals surface area contributed by atoms with Gasteiger partial charge in [-0.15, -0.1) is 0 Å². The molecule has 0 aliphatic carbocycles. The summed E-state index contributed by atoms with van der Waals surface area (Å²) in [5.41, 5.74) is 0.692. The molecule has 1 rings (SSSR count). The molecule has 0 spiro atoms. The Labute approximate surface area is 64.2 Å². The predicted octanol–water partition coefficient (Wildman–Crippen LogP) is 2.20. The number of benzene rings is 1. The van der Waals surface area contributed by atoms with Crippen LogP contribution in [0.5, 0.6) is 0 Å². The molecule has 1 aromatic carbocycles. The van der Waals surface area contributed by atoms with Crippen molar-refractivity contribution in [3.8, 4) is 0 Å². The van der Waals surface area contributed by atoms with Crippen LogP contribution in [-0.2, 0) is 4.79 Å². The van der Waals surface area contributed by atoms with E-state index in [1.54, 1.807) is 24.3 Å². The fourth-order valence-corrected chi connectivity index (χ4v) is 0.743. The largest absolute Gasteiger partial charge is 0.295 e. The lowest BCUT2D eigenvalue weighted by Gasteiger charge is -1.88. The number of hydrogen-bond donors (Lipinski definition) is 0. The van der Waals surface area contributed by atoms with Gasteiger partial charge >= 0.3 is 0 Å². The van der Waals surface area contributed by atoms with Gasteiger partial charge in [0.05, 0.1) is 0 Å². The predicted molar refractivity (Wildman–Crippen MR) is 41.6 cm³/mol. The summed E-state index contributed by atoms with van der Waals surface area (Å²) < 4.78 is 12.3. The minimum atomic E-state index is -0.754. The first-order valence-electron chi connectivity index (χ1n) is 3.20. The molecule has 56 valence electrons. The first-order chi connectivity index (χ1) is 5.33. The standard InChI is InChI=1S/C9H7FO/c10-9(7-11)6-8-4-2-1-3-5-8/h1-7H/b9-6-. The van der Waals surface area contributed by atoms with Gasteiger partial charge in [-0.2, -0.15) is 0 Å². The lowest BCUT2D eigenvalue weighted by Crippen LogP contribution is -1.74. The highest BCUT2D eigenvalue weighted by atomic mass is 19.1. The molecule has 0 heterocycles. The van der Waals surface area contributed by atoms with Gasteiger partial charge in [-0.1, -0.05) is 30.3 Å². The molecule has 1 nitrogen and oxygen atoms in total. The average molecular weight is 150 g/mol. The number of carbonyl (C=O) groups excluding carboxylic acids is 1. The van der Waals surface area contributed by atoms with Crippen LogP contribution in [0.1, 0.15) is 5.56 Å². The van der Waals surface area contributed by atoms with Gasteiger partial charge in [0.15, 0.2) is 12.1 Å². The van der Waals surface area contributed by atoms with Crippen LogP contribution in [0.3, 0.4) is 0 Å². The molecule has 0 aliphatic heterocycles. The van der Waals surface area contributed by atoms with Crippen LogP contribution in [0, 0.1) is 0 Å². The topological polar surface area (TPSA) is 17.1 Å². The molecule has 2 heteroatoms. The van der Waals surface area contributed by atoms with E-state index >= 15 is 0 Å². The Balaban J connectivity index is 2.87. The van der Waals surface area contributed by atoms with Crippen LogP contribution in [-0.4, -0.2) is 6.29 Å². The van der Waals surface area contributed by atoms with Crippen LogP contribution in [0.2, 0.25) is 0 Å². The first-order valence-corrected chi connectivity index (χ1v) is 3.20. The van der Waals surface area contributed by atoms with E-state index in [1.807, 2.05) is 6.07 Å². The van der Waals surface area contributed by atoms with Crippen molar-refractivity contribution in [1.29, 1.82) is 0 Å². The van der Waals surface area contributed by atoms with Crippen molar-refractivity contribution >= 4 is 12.4 Å². The zero-order valence-corrected chi connectivity index (χ0v) is 5.83. The summed E-state index contributed by atoms with van der Waals surface area (Å²) >= 11 is 0. The van der Waals surface area contributed by atoms with Crippen LogP contribution >= 0.6 is 0 Å². The summed E-state index contributed by atoms with van der Waals surface area (Å²) in [6, 6.07) is 8.84. The Morgan fingerprint density at radius 1 is 1.27 bits per heavy atom. The highest BCUT2D eigenvalue weighted by Crippen LogP contribution is 2.04. The van der Waals surface area contributed by atoms with Crippen molar-refractivity contribution in [3.05, 3.63) is 41.7 Å². The van der Waals surface area contributed by atoms with Crippen molar-refractivity contribution in [1.82, 2.24) is 0 Å². The number of rotatable bonds is 2. The van der Waals surface area contributed by atoms with Crippen molar-refractivity contribution in [2.75, 3.05) is 0 Å². The second-order valence-corrected chi connectivity index (χ2v) is 2.06. The highest BCUT2D eigenvalue weighted by molar-refractivity contribution is 5.78. The summed E-state index contributed by atoms with van der Waals surface area (Å²) in [5, 5.41) is 0. The van der Waals surface area contributed by atoms with Gasteiger partial charge in [-0.05, 0) is 11.6 Å². The SMILES string of the molecule is O=C/C(F)=C/c1ccccc1. The first kappa shape index (κ1) is 7.66. The molecule has 0 aromatic heterocycles. The third kappa shape index (κ3) is 2.34. The van der Waals surface area contributed by atoms with Crippen molar-refractivity contribution in [3.63, 3.8) is 0 Å². The molecule has 0 bridgehead atoms. The van der Waals surface area contributed by atoms with Crippen molar-refractivity contribution in [2.45, 2.75) is 0 Å². The summed E-state index contributed by atoms with van der Waals surface area (Å²) in [7, 11) is 0. The quantitative estimate of drug-likeness (QED) is 0.466. The van der Waals surface area contributed by atoms with Crippen LogP contribution in [0.15, 0.2) is 36.2 Å². The molecule has 0 radical (unpaired) electrons. The normalized spacial score (nSPS) is 11.2. The maximum absolute atomic E-state index is 12.3. The minimum Gasteiger partial charge on any atom is -0.295 e. The lowest BCUT2D eigenvalue weighted by atomic mass is 10.2. The van der Waals surface area contributed by atoms with E-state index in [-0.39, 0.29) is 6.29 Å². The van der Waals surface area contributed by atoms with E-state index < -0.39 is 5.83 Å². The molecule has 0 saturated heterocycles. The molecule has 0 amide bonds. The Hall–Kier alpha value is -1.44. The zero-order chi connectivity index (χ0) is 8.10. The average Bonchev–Trinajstić information content (AvgIpc) is 2.06. The molecule has 1 aromatic rings. The molecule has 0 saturated carbocycles. The monoisotopic (exact) mass is 150 g/mol. The molecule has 0 fully saturated rings. The number of carbonyl (C=O) groups is 1. The Kier molecular flexibility index (Phi) is 2.55. The fourth-order valence-electron chi connectivity index (χ4n) is 0.743. The number of allylic oxidation sites excluding steroid dienone is 1. The van der Waals surface area contributed by atoms with Gasteiger partial charge in [0, 0.05) is 0 Å². The smallest absolute Gasteiger partial charge is 0.178 e. The van der Waals surface area contributed by atoms with Crippen LogP contribution < -0.4 is 0 Å². The van der Waals surface area contributed by atoms with E-state index in [0.29, 0.717) is 5.56 Å². The maximum atomic E-state index is 12.3. The van der Waals surface area contributed by atoms with E-state index in [0.717, 1.165) is 0 Å². The van der Waals surface area contributed by atoms with Gasteiger partial charge in [-0.25, -0.2) is 4.39 Å². The number of hydrogen-bond acceptors (Lipinski definition) is 1. The van der Waals surface area contributed by atoms with Gasteiger partial charge in [0.2, 0.25) is 0 Å². The van der Waals surface area contributed by atoms with Gasteiger partial charge < -0.3 is 0 Å². The third-order valence-electron chi connectivity index (χ3n) is 1.22. The molecule has 0 aliphatic rings.